The molecule has 0 atom stereocenters. The quantitative estimate of drug-likeness (QED) is 0.367. The molecule has 4 aromatic rings. The van der Waals surface area contributed by atoms with Gasteiger partial charge in [0.2, 0.25) is 0 Å². The zero-order valence-electron chi connectivity index (χ0n) is 15.4. The Morgan fingerprint density at radius 1 is 1.25 bits per heavy atom. The summed E-state index contributed by atoms with van der Waals surface area (Å²) in [6, 6.07) is 9.89. The van der Waals surface area contributed by atoms with Gasteiger partial charge < -0.3 is 4.98 Å². The summed E-state index contributed by atoms with van der Waals surface area (Å²) in [4.78, 5) is 25.8. The van der Waals surface area contributed by atoms with Gasteiger partial charge in [-0.1, -0.05) is 23.7 Å². The molecular formula is C21H15ClN4OS. The average molecular weight is 407 g/mol. The van der Waals surface area contributed by atoms with Crippen molar-refractivity contribution in [1.29, 1.82) is 5.26 Å². The molecule has 0 saturated carbocycles. The van der Waals surface area contributed by atoms with Gasteiger partial charge in [0, 0.05) is 15.8 Å². The Kier molecular flexibility index (Phi) is 4.50. The Morgan fingerprint density at radius 3 is 2.79 bits per heavy atom. The molecule has 1 aromatic carbocycles. The van der Waals surface area contributed by atoms with Crippen molar-refractivity contribution in [3.05, 3.63) is 67.2 Å². The van der Waals surface area contributed by atoms with Gasteiger partial charge >= 0.3 is 0 Å². The van der Waals surface area contributed by atoms with Crippen LogP contribution in [0.4, 0.5) is 0 Å². The minimum atomic E-state index is -0.249. The second-order valence-electron chi connectivity index (χ2n) is 6.61. The largest absolute Gasteiger partial charge is 0.305 e. The van der Waals surface area contributed by atoms with Crippen molar-refractivity contribution >= 4 is 55.7 Å². The topological polar surface area (TPSA) is 82.4 Å². The predicted molar refractivity (Wildman–Crippen MR) is 115 cm³/mol. The first-order valence-electron chi connectivity index (χ1n) is 8.56. The van der Waals surface area contributed by atoms with Gasteiger partial charge in [-0.2, -0.15) is 5.26 Å². The number of H-pyrrole nitrogens is 1. The van der Waals surface area contributed by atoms with Crippen molar-refractivity contribution in [2.24, 2.45) is 0 Å². The first-order chi connectivity index (χ1) is 13.4. The number of thiophene rings is 1. The summed E-state index contributed by atoms with van der Waals surface area (Å²) >= 11 is 7.78. The summed E-state index contributed by atoms with van der Waals surface area (Å²) in [7, 11) is 0. The first kappa shape index (κ1) is 18.4. The third kappa shape index (κ3) is 3.09. The van der Waals surface area contributed by atoms with Crippen molar-refractivity contribution in [1.82, 2.24) is 15.0 Å². The molecule has 0 radical (unpaired) electrons. The van der Waals surface area contributed by atoms with Gasteiger partial charge in [0.1, 0.15) is 16.1 Å². The van der Waals surface area contributed by atoms with Crippen LogP contribution >= 0.6 is 22.9 Å². The minimum absolute atomic E-state index is 0.220. The smallest absolute Gasteiger partial charge is 0.260 e. The number of hydrogen-bond acceptors (Lipinski definition) is 5. The number of aromatic nitrogens is 3. The fourth-order valence-electron chi connectivity index (χ4n) is 3.06. The van der Waals surface area contributed by atoms with E-state index in [1.54, 1.807) is 6.08 Å². The number of fused-ring (bicyclic) bond motifs is 2. The molecule has 0 fully saturated rings. The molecule has 7 heteroatoms. The number of aryl methyl sites for hydroxylation is 3. The lowest BCUT2D eigenvalue weighted by Crippen LogP contribution is -2.10. The molecule has 3 heterocycles. The van der Waals surface area contributed by atoms with Gasteiger partial charge in [0.15, 0.2) is 5.82 Å². The number of rotatable bonds is 2. The zero-order valence-corrected chi connectivity index (χ0v) is 17.0. The highest BCUT2D eigenvalue weighted by molar-refractivity contribution is 7.18. The maximum atomic E-state index is 12.5. The van der Waals surface area contributed by atoms with Crippen LogP contribution in [0.5, 0.6) is 0 Å². The summed E-state index contributed by atoms with van der Waals surface area (Å²) in [5, 5.41) is 11.4. The van der Waals surface area contributed by atoms with Crippen LogP contribution in [0, 0.1) is 32.1 Å². The van der Waals surface area contributed by atoms with Crippen molar-refractivity contribution < 1.29 is 0 Å². The van der Waals surface area contributed by atoms with E-state index in [4.69, 9.17) is 11.6 Å². The van der Waals surface area contributed by atoms with Gasteiger partial charge in [-0.3, -0.25) is 4.79 Å². The minimum Gasteiger partial charge on any atom is -0.305 e. The number of allylic oxidation sites excluding steroid dienone is 1. The number of benzene rings is 1. The van der Waals surface area contributed by atoms with Crippen molar-refractivity contribution in [2.45, 2.75) is 20.8 Å². The van der Waals surface area contributed by atoms with Crippen molar-refractivity contribution in [3.8, 4) is 6.07 Å². The van der Waals surface area contributed by atoms with Gasteiger partial charge in [-0.15, -0.1) is 11.3 Å². The first-order valence-corrected chi connectivity index (χ1v) is 9.76. The lowest BCUT2D eigenvalue weighted by atomic mass is 10.1. The van der Waals surface area contributed by atoms with E-state index in [2.05, 4.69) is 21.0 Å². The van der Waals surface area contributed by atoms with Crippen LogP contribution in [-0.4, -0.2) is 15.0 Å². The molecule has 0 aliphatic carbocycles. The molecule has 5 nitrogen and oxygen atoms in total. The SMILES string of the molecule is Cc1ccc2cc(/C=C(\C#N)c3nc4sc(C)c(C)c4c(=O)[nH]3)c(Cl)nc2c1. The fourth-order valence-corrected chi connectivity index (χ4v) is 4.29. The molecule has 0 aliphatic rings. The molecule has 0 spiro atoms. The van der Waals surface area contributed by atoms with E-state index >= 15 is 0 Å². The normalized spacial score (nSPS) is 11.9. The molecule has 138 valence electrons. The lowest BCUT2D eigenvalue weighted by molar-refractivity contribution is 1.13. The number of nitriles is 1. The zero-order chi connectivity index (χ0) is 20.0. The molecule has 0 bridgehead atoms. The van der Waals surface area contributed by atoms with Crippen LogP contribution < -0.4 is 5.56 Å². The molecule has 28 heavy (non-hydrogen) atoms. The second kappa shape index (κ2) is 6.86. The summed E-state index contributed by atoms with van der Waals surface area (Å²) < 4.78 is 0. The van der Waals surface area contributed by atoms with Crippen LogP contribution in [0.3, 0.4) is 0 Å². The molecule has 4 rings (SSSR count). The van der Waals surface area contributed by atoms with Crippen LogP contribution in [0.1, 0.15) is 27.4 Å². The van der Waals surface area contributed by atoms with E-state index in [9.17, 15) is 10.1 Å². The molecule has 0 saturated heterocycles. The number of halogens is 1. The lowest BCUT2D eigenvalue weighted by Gasteiger charge is -2.05. The standard InChI is InChI=1S/C21H15ClN4OS/c1-10-4-5-13-7-14(18(22)24-16(13)6-10)8-15(9-23)19-25-20(27)17-11(2)12(3)28-21(17)26-19/h4-8H,1-3H3,(H,25,26,27)/b15-8+. The number of pyridine rings is 1. The van der Waals surface area contributed by atoms with E-state index in [1.165, 1.54) is 11.3 Å². The van der Waals surface area contributed by atoms with Gasteiger partial charge in [0.05, 0.1) is 16.5 Å². The highest BCUT2D eigenvalue weighted by atomic mass is 35.5. The van der Waals surface area contributed by atoms with Gasteiger partial charge in [-0.05, 0) is 50.1 Å². The molecule has 0 aliphatic heterocycles. The highest BCUT2D eigenvalue weighted by Crippen LogP contribution is 2.28. The number of nitrogens with one attached hydrogen (secondary N) is 1. The maximum absolute atomic E-state index is 12.5. The second-order valence-corrected chi connectivity index (χ2v) is 8.17. The number of aromatic amines is 1. The van der Waals surface area contributed by atoms with E-state index < -0.39 is 0 Å². The Hall–Kier alpha value is -3.01. The Bertz CT molecular complexity index is 1390. The Morgan fingerprint density at radius 2 is 2.04 bits per heavy atom. The van der Waals surface area contributed by atoms with Crippen LogP contribution in [-0.2, 0) is 0 Å². The summed E-state index contributed by atoms with van der Waals surface area (Å²) in [5.41, 5.74) is 3.36. The Labute approximate surface area is 170 Å². The molecule has 0 amide bonds. The van der Waals surface area contributed by atoms with E-state index in [-0.39, 0.29) is 22.1 Å². The average Bonchev–Trinajstić information content (AvgIpc) is 2.94. The monoisotopic (exact) mass is 406 g/mol. The van der Waals surface area contributed by atoms with Gasteiger partial charge in [-0.25, -0.2) is 9.97 Å². The van der Waals surface area contributed by atoms with Crippen molar-refractivity contribution in [2.75, 3.05) is 0 Å². The molecule has 1 N–H and O–H groups in total. The highest BCUT2D eigenvalue weighted by Gasteiger charge is 2.14. The molecule has 3 aromatic heterocycles. The van der Waals surface area contributed by atoms with E-state index in [0.29, 0.717) is 15.8 Å². The van der Waals surface area contributed by atoms with Crippen LogP contribution in [0.15, 0.2) is 29.1 Å². The maximum Gasteiger partial charge on any atom is 0.260 e. The van der Waals surface area contributed by atoms with E-state index in [0.717, 1.165) is 26.9 Å². The predicted octanol–water partition coefficient (Wildman–Crippen LogP) is 5.18. The van der Waals surface area contributed by atoms with Crippen LogP contribution in [0.25, 0.3) is 32.8 Å². The third-order valence-electron chi connectivity index (χ3n) is 4.67. The third-order valence-corrected chi connectivity index (χ3v) is 6.07. The van der Waals surface area contributed by atoms with Gasteiger partial charge in [0.25, 0.3) is 5.56 Å². The number of hydrogen-bond donors (Lipinski definition) is 1. The van der Waals surface area contributed by atoms with Crippen LogP contribution in [0.2, 0.25) is 5.15 Å². The van der Waals surface area contributed by atoms with E-state index in [1.807, 2.05) is 45.0 Å². The number of nitrogens with zero attached hydrogens (tertiary/aromatic N) is 3. The summed E-state index contributed by atoms with van der Waals surface area (Å²) in [5.74, 6) is 0.223. The summed E-state index contributed by atoms with van der Waals surface area (Å²) in [6.45, 7) is 5.83. The Balaban J connectivity index is 1.89. The fraction of sp³-hybridized carbons (Fsp3) is 0.143. The molecular weight excluding hydrogens is 392 g/mol. The molecule has 0 unspecified atom stereocenters. The summed E-state index contributed by atoms with van der Waals surface area (Å²) in [6.07, 6.45) is 1.60. The van der Waals surface area contributed by atoms with Crippen molar-refractivity contribution in [3.63, 3.8) is 0 Å².